The highest BCUT2D eigenvalue weighted by Crippen LogP contribution is 2.24. The van der Waals surface area contributed by atoms with Crippen LogP contribution in [0.4, 0.5) is 0 Å². The Bertz CT molecular complexity index is 325. The smallest absolute Gasteiger partial charge is 0.0319 e. The molecular weight excluding hydrogens is 208 g/mol. The highest BCUT2D eigenvalue weighted by Gasteiger charge is 2.18. The Morgan fingerprint density at radius 2 is 1.82 bits per heavy atom. The van der Waals surface area contributed by atoms with Crippen LogP contribution in [0.2, 0.25) is 0 Å². The van der Waals surface area contributed by atoms with Crippen molar-refractivity contribution < 1.29 is 0 Å². The summed E-state index contributed by atoms with van der Waals surface area (Å²) in [6.07, 6.45) is 3.85. The maximum absolute atomic E-state index is 3.19. The fourth-order valence-corrected chi connectivity index (χ4v) is 2.57. The van der Waals surface area contributed by atoms with Crippen LogP contribution in [0.3, 0.4) is 0 Å². The van der Waals surface area contributed by atoms with E-state index in [-0.39, 0.29) is 0 Å². The number of benzene rings is 1. The third kappa shape index (κ3) is 3.30. The molecule has 0 aromatic heterocycles. The average Bonchev–Trinajstić information content (AvgIpc) is 2.90. The van der Waals surface area contributed by atoms with Gasteiger partial charge in [-0.05, 0) is 64.0 Å². The first-order valence-corrected chi connectivity index (χ1v) is 6.79. The second-order valence-electron chi connectivity index (χ2n) is 5.01. The van der Waals surface area contributed by atoms with E-state index in [1.165, 1.54) is 37.1 Å². The van der Waals surface area contributed by atoms with E-state index < -0.39 is 0 Å². The minimum atomic E-state index is 0.579. The standard InChI is InChI=1S/C15H24N2/c1-13(17-11-3-4-12-17)15-7-5-14(6-8-15)9-10-16-2/h5-8,13,16H,3-4,9-12H2,1-2H3. The van der Waals surface area contributed by atoms with Gasteiger partial charge in [-0.15, -0.1) is 0 Å². The third-order valence-corrected chi connectivity index (χ3v) is 3.81. The summed E-state index contributed by atoms with van der Waals surface area (Å²) in [5.41, 5.74) is 2.89. The van der Waals surface area contributed by atoms with Gasteiger partial charge in [-0.1, -0.05) is 24.3 Å². The van der Waals surface area contributed by atoms with Crippen molar-refractivity contribution in [2.24, 2.45) is 0 Å². The van der Waals surface area contributed by atoms with Gasteiger partial charge < -0.3 is 5.32 Å². The molecule has 2 heteroatoms. The molecule has 1 aliphatic rings. The third-order valence-electron chi connectivity index (χ3n) is 3.81. The molecule has 2 rings (SSSR count). The zero-order valence-electron chi connectivity index (χ0n) is 11.1. The number of likely N-dealkylation sites (N-methyl/N-ethyl adjacent to an activating group) is 1. The SMILES string of the molecule is CNCCc1ccc(C(C)N2CCCC2)cc1. The molecule has 0 radical (unpaired) electrons. The van der Waals surface area contributed by atoms with Crippen LogP contribution in [0, 0.1) is 0 Å². The first-order valence-electron chi connectivity index (χ1n) is 6.79. The molecule has 1 aliphatic heterocycles. The summed E-state index contributed by atoms with van der Waals surface area (Å²) >= 11 is 0. The second kappa shape index (κ2) is 6.18. The van der Waals surface area contributed by atoms with Crippen molar-refractivity contribution in [3.63, 3.8) is 0 Å². The van der Waals surface area contributed by atoms with Crippen LogP contribution >= 0.6 is 0 Å². The Hall–Kier alpha value is -0.860. The van der Waals surface area contributed by atoms with Crippen molar-refractivity contribution in [2.75, 3.05) is 26.7 Å². The Balaban J connectivity index is 1.96. The topological polar surface area (TPSA) is 15.3 Å². The molecule has 1 atom stereocenters. The molecular formula is C15H24N2. The fourth-order valence-electron chi connectivity index (χ4n) is 2.57. The molecule has 1 saturated heterocycles. The van der Waals surface area contributed by atoms with E-state index in [9.17, 15) is 0 Å². The summed E-state index contributed by atoms with van der Waals surface area (Å²) < 4.78 is 0. The molecule has 0 aliphatic carbocycles. The van der Waals surface area contributed by atoms with Gasteiger partial charge in [-0.2, -0.15) is 0 Å². The van der Waals surface area contributed by atoms with Crippen molar-refractivity contribution in [3.05, 3.63) is 35.4 Å². The molecule has 1 heterocycles. The molecule has 2 nitrogen and oxygen atoms in total. The van der Waals surface area contributed by atoms with Gasteiger partial charge in [0.2, 0.25) is 0 Å². The Morgan fingerprint density at radius 1 is 1.18 bits per heavy atom. The number of nitrogens with one attached hydrogen (secondary N) is 1. The van der Waals surface area contributed by atoms with E-state index in [2.05, 4.69) is 41.4 Å². The molecule has 0 spiro atoms. The van der Waals surface area contributed by atoms with Crippen molar-refractivity contribution in [1.82, 2.24) is 10.2 Å². The van der Waals surface area contributed by atoms with E-state index in [0.717, 1.165) is 13.0 Å². The van der Waals surface area contributed by atoms with Crippen molar-refractivity contribution in [2.45, 2.75) is 32.2 Å². The lowest BCUT2D eigenvalue weighted by molar-refractivity contribution is 0.263. The van der Waals surface area contributed by atoms with Crippen molar-refractivity contribution >= 4 is 0 Å². The van der Waals surface area contributed by atoms with Gasteiger partial charge in [0.15, 0.2) is 0 Å². The van der Waals surface area contributed by atoms with Crippen molar-refractivity contribution in [1.29, 1.82) is 0 Å². The van der Waals surface area contributed by atoms with E-state index in [1.807, 2.05) is 7.05 Å². The van der Waals surface area contributed by atoms with Gasteiger partial charge in [0, 0.05) is 6.04 Å². The lowest BCUT2D eigenvalue weighted by Gasteiger charge is -2.24. The number of likely N-dealkylation sites (tertiary alicyclic amines) is 1. The van der Waals surface area contributed by atoms with Gasteiger partial charge in [-0.25, -0.2) is 0 Å². The number of hydrogen-bond donors (Lipinski definition) is 1. The van der Waals surface area contributed by atoms with Crippen LogP contribution in [0.15, 0.2) is 24.3 Å². The fraction of sp³-hybridized carbons (Fsp3) is 0.600. The minimum Gasteiger partial charge on any atom is -0.319 e. The second-order valence-corrected chi connectivity index (χ2v) is 5.01. The van der Waals surface area contributed by atoms with Gasteiger partial charge in [-0.3, -0.25) is 4.90 Å². The lowest BCUT2D eigenvalue weighted by atomic mass is 10.0. The van der Waals surface area contributed by atoms with Crippen LogP contribution in [0.1, 0.15) is 36.9 Å². The number of rotatable bonds is 5. The zero-order chi connectivity index (χ0) is 12.1. The van der Waals surface area contributed by atoms with E-state index in [4.69, 9.17) is 0 Å². The van der Waals surface area contributed by atoms with E-state index in [1.54, 1.807) is 0 Å². The van der Waals surface area contributed by atoms with Crippen molar-refractivity contribution in [3.8, 4) is 0 Å². The predicted molar refractivity (Wildman–Crippen MR) is 73.3 cm³/mol. The Labute approximate surface area is 105 Å². The quantitative estimate of drug-likeness (QED) is 0.839. The van der Waals surface area contributed by atoms with Gasteiger partial charge >= 0.3 is 0 Å². The van der Waals surface area contributed by atoms with Gasteiger partial charge in [0.25, 0.3) is 0 Å². The molecule has 0 saturated carbocycles. The summed E-state index contributed by atoms with van der Waals surface area (Å²) in [5, 5.41) is 3.19. The molecule has 1 N–H and O–H groups in total. The molecule has 1 unspecified atom stereocenters. The van der Waals surface area contributed by atoms with Crippen LogP contribution in [0.25, 0.3) is 0 Å². The van der Waals surface area contributed by atoms with Crippen LogP contribution in [-0.2, 0) is 6.42 Å². The number of hydrogen-bond acceptors (Lipinski definition) is 2. The van der Waals surface area contributed by atoms with Crippen LogP contribution in [0.5, 0.6) is 0 Å². The molecule has 94 valence electrons. The normalized spacial score (nSPS) is 18.5. The lowest BCUT2D eigenvalue weighted by Crippen LogP contribution is -2.23. The summed E-state index contributed by atoms with van der Waals surface area (Å²) in [7, 11) is 2.00. The summed E-state index contributed by atoms with van der Waals surface area (Å²) in [6.45, 7) is 5.92. The Kier molecular flexibility index (Phi) is 4.57. The monoisotopic (exact) mass is 232 g/mol. The minimum absolute atomic E-state index is 0.579. The molecule has 1 aromatic carbocycles. The van der Waals surface area contributed by atoms with Crippen LogP contribution < -0.4 is 5.32 Å². The van der Waals surface area contributed by atoms with Gasteiger partial charge in [0.1, 0.15) is 0 Å². The Morgan fingerprint density at radius 3 is 2.41 bits per heavy atom. The molecule has 0 bridgehead atoms. The summed E-state index contributed by atoms with van der Waals surface area (Å²) in [5.74, 6) is 0. The maximum atomic E-state index is 3.19. The zero-order valence-corrected chi connectivity index (χ0v) is 11.1. The molecule has 1 fully saturated rings. The van der Waals surface area contributed by atoms with E-state index in [0.29, 0.717) is 6.04 Å². The highest BCUT2D eigenvalue weighted by molar-refractivity contribution is 5.25. The van der Waals surface area contributed by atoms with Gasteiger partial charge in [0.05, 0.1) is 0 Å². The largest absolute Gasteiger partial charge is 0.319 e. The predicted octanol–water partition coefficient (Wildman–Crippen LogP) is 2.61. The molecule has 1 aromatic rings. The maximum Gasteiger partial charge on any atom is 0.0319 e. The first kappa shape index (κ1) is 12.6. The molecule has 0 amide bonds. The molecule has 17 heavy (non-hydrogen) atoms. The summed E-state index contributed by atoms with van der Waals surface area (Å²) in [4.78, 5) is 2.59. The average molecular weight is 232 g/mol. The van der Waals surface area contributed by atoms with E-state index >= 15 is 0 Å². The number of nitrogens with zero attached hydrogens (tertiary/aromatic N) is 1. The summed E-state index contributed by atoms with van der Waals surface area (Å²) in [6, 6.07) is 9.73. The first-order chi connectivity index (χ1) is 8.31. The highest BCUT2D eigenvalue weighted by atomic mass is 15.2. The van der Waals surface area contributed by atoms with Crippen LogP contribution in [-0.4, -0.2) is 31.6 Å².